The number of hydrogen-bond donors (Lipinski definition) is 1. The molecule has 0 bridgehead atoms. The fraction of sp³-hybridized carbons (Fsp3) is 0.533. The minimum atomic E-state index is 0.220. The van der Waals surface area contributed by atoms with Gasteiger partial charge in [-0.15, -0.1) is 0 Å². The molecule has 4 nitrogen and oxygen atoms in total. The van der Waals surface area contributed by atoms with Crippen LogP contribution in [-0.4, -0.2) is 43.7 Å². The monoisotopic (exact) mass is 260 g/mol. The van der Waals surface area contributed by atoms with Gasteiger partial charge >= 0.3 is 0 Å². The van der Waals surface area contributed by atoms with E-state index in [1.54, 1.807) is 0 Å². The number of carbonyl (C=O) groups is 1. The van der Waals surface area contributed by atoms with E-state index in [1.807, 2.05) is 4.90 Å². The van der Waals surface area contributed by atoms with E-state index >= 15 is 0 Å². The molecule has 0 atom stereocenters. The third-order valence-corrected chi connectivity index (χ3v) is 3.88. The predicted octanol–water partition coefficient (Wildman–Crippen LogP) is 0.734. The van der Waals surface area contributed by atoms with Crippen LogP contribution in [0.4, 0.5) is 0 Å². The molecule has 1 saturated heterocycles. The molecule has 0 unspecified atom stereocenters. The van der Waals surface area contributed by atoms with E-state index in [2.05, 4.69) is 23.5 Å². The molecule has 0 radical (unpaired) electrons. The number of benzene rings is 1. The van der Waals surface area contributed by atoms with Crippen LogP contribution in [0, 0.1) is 0 Å². The van der Waals surface area contributed by atoms with Gasteiger partial charge in [0.1, 0.15) is 0 Å². The van der Waals surface area contributed by atoms with Crippen molar-refractivity contribution in [2.75, 3.05) is 32.8 Å². The molecule has 1 aromatic carbocycles. The molecule has 0 saturated carbocycles. The van der Waals surface area contributed by atoms with Crippen LogP contribution in [0.5, 0.6) is 0 Å². The van der Waals surface area contributed by atoms with E-state index in [4.69, 9.17) is 4.74 Å². The first-order valence-corrected chi connectivity index (χ1v) is 7.00. The van der Waals surface area contributed by atoms with Gasteiger partial charge in [-0.2, -0.15) is 0 Å². The average Bonchev–Trinajstić information content (AvgIpc) is 2.48. The third kappa shape index (κ3) is 2.96. The third-order valence-electron chi connectivity index (χ3n) is 3.88. The van der Waals surface area contributed by atoms with Crippen molar-refractivity contribution in [1.82, 2.24) is 10.2 Å². The zero-order chi connectivity index (χ0) is 13.1. The topological polar surface area (TPSA) is 41.6 Å². The first-order valence-electron chi connectivity index (χ1n) is 7.00. The van der Waals surface area contributed by atoms with Crippen LogP contribution < -0.4 is 5.32 Å². The lowest BCUT2D eigenvalue weighted by Gasteiger charge is -2.27. The van der Waals surface area contributed by atoms with E-state index in [1.165, 1.54) is 11.1 Å². The minimum Gasteiger partial charge on any atom is -0.378 e. The van der Waals surface area contributed by atoms with Crippen LogP contribution in [0.2, 0.25) is 0 Å². The molecule has 19 heavy (non-hydrogen) atoms. The second-order valence-electron chi connectivity index (χ2n) is 5.20. The largest absolute Gasteiger partial charge is 0.378 e. The Morgan fingerprint density at radius 3 is 2.95 bits per heavy atom. The molecule has 0 aromatic heterocycles. The molecule has 1 fully saturated rings. The van der Waals surface area contributed by atoms with Crippen LogP contribution in [0.15, 0.2) is 18.2 Å². The smallest absolute Gasteiger partial charge is 0.227 e. The van der Waals surface area contributed by atoms with Gasteiger partial charge in [0.25, 0.3) is 0 Å². The van der Waals surface area contributed by atoms with E-state index in [0.717, 1.165) is 38.2 Å². The molecule has 1 N–H and O–H groups in total. The lowest BCUT2D eigenvalue weighted by Crippen LogP contribution is -2.41. The highest BCUT2D eigenvalue weighted by Gasteiger charge is 2.17. The number of amides is 1. The summed E-state index contributed by atoms with van der Waals surface area (Å²) in [6.45, 7) is 4.78. The van der Waals surface area contributed by atoms with Gasteiger partial charge in [0.15, 0.2) is 0 Å². The van der Waals surface area contributed by atoms with Crippen molar-refractivity contribution in [2.45, 2.75) is 19.4 Å². The number of hydrogen-bond acceptors (Lipinski definition) is 3. The zero-order valence-corrected chi connectivity index (χ0v) is 11.2. The van der Waals surface area contributed by atoms with Crippen LogP contribution in [-0.2, 0) is 28.9 Å². The molecule has 102 valence electrons. The Bertz CT molecular complexity index is 467. The minimum absolute atomic E-state index is 0.220. The number of nitrogens with zero attached hydrogens (tertiary/aromatic N) is 1. The Balaban J connectivity index is 1.67. The Morgan fingerprint density at radius 1 is 1.26 bits per heavy atom. The Kier molecular flexibility index (Phi) is 3.80. The van der Waals surface area contributed by atoms with E-state index in [-0.39, 0.29) is 5.91 Å². The molecule has 2 aliphatic heterocycles. The summed E-state index contributed by atoms with van der Waals surface area (Å²) in [7, 11) is 0. The van der Waals surface area contributed by atoms with Gasteiger partial charge in [0, 0.05) is 19.6 Å². The molecular weight excluding hydrogens is 240 g/mol. The lowest BCUT2D eigenvalue weighted by molar-refractivity contribution is -0.134. The number of rotatable bonds is 2. The van der Waals surface area contributed by atoms with Gasteiger partial charge < -0.3 is 15.0 Å². The number of ether oxygens (including phenoxy) is 1. The van der Waals surface area contributed by atoms with Crippen LogP contribution in [0.25, 0.3) is 0 Å². The van der Waals surface area contributed by atoms with Gasteiger partial charge in [0.05, 0.1) is 19.6 Å². The predicted molar refractivity (Wildman–Crippen MR) is 73.0 cm³/mol. The second-order valence-corrected chi connectivity index (χ2v) is 5.20. The molecule has 4 heteroatoms. The molecule has 2 heterocycles. The van der Waals surface area contributed by atoms with Crippen molar-refractivity contribution in [3.63, 3.8) is 0 Å². The Morgan fingerprint density at radius 2 is 2.11 bits per heavy atom. The van der Waals surface area contributed by atoms with Crippen molar-refractivity contribution >= 4 is 5.91 Å². The second kappa shape index (κ2) is 5.72. The van der Waals surface area contributed by atoms with Crippen LogP contribution in [0.3, 0.4) is 0 Å². The maximum atomic E-state index is 12.2. The number of morpholine rings is 1. The zero-order valence-electron chi connectivity index (χ0n) is 11.2. The van der Waals surface area contributed by atoms with Crippen molar-refractivity contribution < 1.29 is 9.53 Å². The van der Waals surface area contributed by atoms with Crippen LogP contribution >= 0.6 is 0 Å². The summed E-state index contributed by atoms with van der Waals surface area (Å²) < 4.78 is 5.27. The quantitative estimate of drug-likeness (QED) is 0.852. The maximum absolute atomic E-state index is 12.2. The first kappa shape index (κ1) is 12.6. The molecule has 1 aromatic rings. The fourth-order valence-corrected chi connectivity index (χ4v) is 2.74. The average molecular weight is 260 g/mol. The van der Waals surface area contributed by atoms with Gasteiger partial charge in [-0.3, -0.25) is 4.79 Å². The normalized spacial score (nSPS) is 19.1. The molecule has 3 rings (SSSR count). The van der Waals surface area contributed by atoms with Crippen molar-refractivity contribution in [1.29, 1.82) is 0 Å². The highest BCUT2D eigenvalue weighted by atomic mass is 16.5. The summed E-state index contributed by atoms with van der Waals surface area (Å²) in [5.74, 6) is 0.220. The first-order chi connectivity index (χ1) is 9.33. The SMILES string of the molecule is O=C(Cc1ccc2c(c1)CCNC2)N1CCOCC1. The fourth-order valence-electron chi connectivity index (χ4n) is 2.74. The summed E-state index contributed by atoms with van der Waals surface area (Å²) in [5.41, 5.74) is 3.90. The molecular formula is C15H20N2O2. The van der Waals surface area contributed by atoms with Crippen molar-refractivity contribution in [3.8, 4) is 0 Å². The number of carbonyl (C=O) groups excluding carboxylic acids is 1. The summed E-state index contributed by atoms with van der Waals surface area (Å²) in [6, 6.07) is 6.45. The highest BCUT2D eigenvalue weighted by Crippen LogP contribution is 2.17. The summed E-state index contributed by atoms with van der Waals surface area (Å²) in [5, 5.41) is 3.36. The van der Waals surface area contributed by atoms with Gasteiger partial charge in [-0.1, -0.05) is 18.2 Å². The van der Waals surface area contributed by atoms with E-state index < -0.39 is 0 Å². The van der Waals surface area contributed by atoms with E-state index in [9.17, 15) is 4.79 Å². The van der Waals surface area contributed by atoms with Crippen LogP contribution in [0.1, 0.15) is 16.7 Å². The van der Waals surface area contributed by atoms with Gasteiger partial charge in [-0.05, 0) is 29.7 Å². The molecule has 1 amide bonds. The highest BCUT2D eigenvalue weighted by molar-refractivity contribution is 5.79. The van der Waals surface area contributed by atoms with E-state index in [0.29, 0.717) is 19.6 Å². The molecule has 0 spiro atoms. The Labute approximate surface area is 113 Å². The standard InChI is InChI=1S/C15H20N2O2/c18-15(17-5-7-19-8-6-17)10-12-1-2-14-11-16-4-3-13(14)9-12/h1-2,9,16H,3-8,10-11H2. The van der Waals surface area contributed by atoms with Gasteiger partial charge in [0.2, 0.25) is 5.91 Å². The molecule has 2 aliphatic rings. The van der Waals surface area contributed by atoms with Gasteiger partial charge in [-0.25, -0.2) is 0 Å². The van der Waals surface area contributed by atoms with Crippen molar-refractivity contribution in [2.24, 2.45) is 0 Å². The summed E-state index contributed by atoms with van der Waals surface area (Å²) in [4.78, 5) is 14.1. The van der Waals surface area contributed by atoms with Crippen molar-refractivity contribution in [3.05, 3.63) is 34.9 Å². The maximum Gasteiger partial charge on any atom is 0.227 e. The summed E-state index contributed by atoms with van der Waals surface area (Å²) >= 11 is 0. The lowest BCUT2D eigenvalue weighted by atomic mass is 9.97. The number of nitrogens with one attached hydrogen (secondary N) is 1. The Hall–Kier alpha value is -1.39. The number of fused-ring (bicyclic) bond motifs is 1. The molecule has 0 aliphatic carbocycles. The summed E-state index contributed by atoms with van der Waals surface area (Å²) in [6.07, 6.45) is 1.58.